The third kappa shape index (κ3) is 4.78. The van der Waals surface area contributed by atoms with Crippen molar-refractivity contribution in [2.24, 2.45) is 7.05 Å². The van der Waals surface area contributed by atoms with Crippen LogP contribution < -0.4 is 10.2 Å². The van der Waals surface area contributed by atoms with Gasteiger partial charge in [-0.25, -0.2) is 4.98 Å². The minimum Gasteiger partial charge on any atom is -0.369 e. The second-order valence-corrected chi connectivity index (χ2v) is 10.4. The van der Waals surface area contributed by atoms with Crippen molar-refractivity contribution in [3.05, 3.63) is 85.2 Å². The van der Waals surface area contributed by atoms with Gasteiger partial charge in [0.05, 0.1) is 11.4 Å². The molecule has 0 saturated carbocycles. The molecule has 1 aliphatic heterocycles. The summed E-state index contributed by atoms with van der Waals surface area (Å²) >= 11 is 0. The molecule has 8 heteroatoms. The van der Waals surface area contributed by atoms with Gasteiger partial charge in [-0.15, -0.1) is 0 Å². The van der Waals surface area contributed by atoms with Crippen LogP contribution in [-0.2, 0) is 11.8 Å². The summed E-state index contributed by atoms with van der Waals surface area (Å²) in [7, 11) is 4.10. The van der Waals surface area contributed by atoms with E-state index in [-0.39, 0.29) is 5.91 Å². The van der Waals surface area contributed by atoms with Crippen LogP contribution in [0.1, 0.15) is 5.56 Å². The molecule has 2 N–H and O–H groups in total. The molecule has 0 atom stereocenters. The van der Waals surface area contributed by atoms with Crippen LogP contribution in [0, 0.1) is 6.92 Å². The zero-order valence-electron chi connectivity index (χ0n) is 23.1. The van der Waals surface area contributed by atoms with E-state index in [0.717, 1.165) is 82.1 Å². The van der Waals surface area contributed by atoms with Gasteiger partial charge < -0.3 is 20.1 Å². The molecule has 0 aliphatic carbocycles. The molecule has 1 fully saturated rings. The molecule has 5 aromatic rings. The number of amides is 1. The Morgan fingerprint density at radius 1 is 0.975 bits per heavy atom. The number of aromatic nitrogens is 4. The van der Waals surface area contributed by atoms with E-state index in [4.69, 9.17) is 4.98 Å². The van der Waals surface area contributed by atoms with Crippen molar-refractivity contribution in [2.45, 2.75) is 6.92 Å². The van der Waals surface area contributed by atoms with Gasteiger partial charge in [0, 0.05) is 73.5 Å². The van der Waals surface area contributed by atoms with E-state index in [1.807, 2.05) is 43.0 Å². The highest BCUT2D eigenvalue weighted by molar-refractivity contribution is 6.05. The predicted molar refractivity (Wildman–Crippen MR) is 162 cm³/mol. The summed E-state index contributed by atoms with van der Waals surface area (Å²) in [5, 5.41) is 8.30. The molecule has 1 amide bonds. The van der Waals surface area contributed by atoms with E-state index in [2.05, 4.69) is 75.2 Å². The molecule has 202 valence electrons. The number of carbonyl (C=O) groups is 1. The normalized spacial score (nSPS) is 14.0. The smallest absolute Gasteiger partial charge is 0.247 e. The number of rotatable bonds is 6. The van der Waals surface area contributed by atoms with E-state index < -0.39 is 0 Å². The summed E-state index contributed by atoms with van der Waals surface area (Å²) in [4.78, 5) is 25.4. The molecule has 6 rings (SSSR count). The average molecular weight is 532 g/mol. The number of benzene rings is 2. The Morgan fingerprint density at radius 2 is 1.73 bits per heavy atom. The van der Waals surface area contributed by atoms with Gasteiger partial charge in [-0.3, -0.25) is 9.48 Å². The Labute approximate surface area is 234 Å². The highest BCUT2D eigenvalue weighted by Crippen LogP contribution is 2.40. The van der Waals surface area contributed by atoms with E-state index >= 15 is 0 Å². The molecule has 0 radical (unpaired) electrons. The average Bonchev–Trinajstić information content (AvgIpc) is 3.57. The lowest BCUT2D eigenvalue weighted by atomic mass is 9.96. The molecule has 8 nitrogen and oxygen atoms in total. The van der Waals surface area contributed by atoms with Crippen LogP contribution in [0.4, 0.5) is 11.4 Å². The lowest BCUT2D eigenvalue weighted by molar-refractivity contribution is -0.111. The molecule has 3 aromatic heterocycles. The number of carbonyl (C=O) groups excluding carboxylic acids is 1. The fourth-order valence-electron chi connectivity index (χ4n) is 5.38. The van der Waals surface area contributed by atoms with Gasteiger partial charge in [0.2, 0.25) is 5.91 Å². The van der Waals surface area contributed by atoms with Crippen LogP contribution in [0.2, 0.25) is 0 Å². The number of pyridine rings is 1. The third-order valence-electron chi connectivity index (χ3n) is 7.76. The van der Waals surface area contributed by atoms with Crippen LogP contribution in [0.25, 0.3) is 44.7 Å². The van der Waals surface area contributed by atoms with Crippen molar-refractivity contribution in [2.75, 3.05) is 43.4 Å². The molecule has 1 aliphatic rings. The van der Waals surface area contributed by atoms with Crippen molar-refractivity contribution in [3.63, 3.8) is 0 Å². The number of hydrogen-bond donors (Lipinski definition) is 2. The van der Waals surface area contributed by atoms with Gasteiger partial charge in [0.1, 0.15) is 5.65 Å². The number of hydrogen-bond acceptors (Lipinski definition) is 5. The monoisotopic (exact) mass is 531 g/mol. The topological polar surface area (TPSA) is 82.1 Å². The zero-order valence-corrected chi connectivity index (χ0v) is 23.1. The molecular formula is C32H33N7O. The van der Waals surface area contributed by atoms with Crippen LogP contribution in [0.15, 0.2) is 79.6 Å². The molecule has 40 heavy (non-hydrogen) atoms. The lowest BCUT2D eigenvalue weighted by Gasteiger charge is -2.34. The number of H-pyrrole nitrogens is 1. The Kier molecular flexibility index (Phi) is 6.69. The van der Waals surface area contributed by atoms with E-state index in [1.165, 1.54) is 11.8 Å². The number of aromatic amines is 1. The van der Waals surface area contributed by atoms with Crippen molar-refractivity contribution < 1.29 is 4.79 Å². The first-order chi connectivity index (χ1) is 19.4. The largest absolute Gasteiger partial charge is 0.369 e. The number of anilines is 2. The van der Waals surface area contributed by atoms with E-state index in [9.17, 15) is 4.79 Å². The van der Waals surface area contributed by atoms with Gasteiger partial charge in [0.25, 0.3) is 0 Å². The van der Waals surface area contributed by atoms with Gasteiger partial charge in [-0.05, 0) is 67.1 Å². The molecule has 1 saturated heterocycles. The zero-order chi connectivity index (χ0) is 27.8. The molecule has 0 unspecified atom stereocenters. The van der Waals surface area contributed by atoms with Gasteiger partial charge in [0.15, 0.2) is 0 Å². The SMILES string of the molecule is C=CC(=O)Nc1cc(-c2c(-c3ccc(N4CCN(C)CC4)cc3)[nH]c3ncc(-c4ccnn4C)cc23)ccc1C. The summed E-state index contributed by atoms with van der Waals surface area (Å²) in [5.74, 6) is -0.237. The quantitative estimate of drug-likeness (QED) is 0.284. The summed E-state index contributed by atoms with van der Waals surface area (Å²) in [5.41, 5.74) is 9.82. The Hall–Kier alpha value is -4.69. The first kappa shape index (κ1) is 25.6. The molecular weight excluding hydrogens is 498 g/mol. The van der Waals surface area contributed by atoms with Crippen LogP contribution in [-0.4, -0.2) is 63.8 Å². The maximum atomic E-state index is 12.2. The van der Waals surface area contributed by atoms with Crippen molar-refractivity contribution >= 4 is 28.3 Å². The minimum absolute atomic E-state index is 0.237. The van der Waals surface area contributed by atoms with E-state index in [1.54, 1.807) is 6.20 Å². The maximum absolute atomic E-state index is 12.2. The lowest BCUT2D eigenvalue weighted by Crippen LogP contribution is -2.44. The Balaban J connectivity index is 1.49. The Bertz CT molecular complexity index is 1710. The van der Waals surface area contributed by atoms with Crippen LogP contribution in [0.3, 0.4) is 0 Å². The van der Waals surface area contributed by atoms with Crippen molar-refractivity contribution in [1.29, 1.82) is 0 Å². The molecule has 4 heterocycles. The number of aryl methyl sites for hydroxylation is 2. The fourth-order valence-corrected chi connectivity index (χ4v) is 5.38. The standard InChI is InChI=1S/C32H33N7O/c1-5-29(40)35-27-19-23(7-6-21(27)2)30-26-18-24(28-12-13-34-38(28)4)20-33-32(26)36-31(30)22-8-10-25(11-9-22)39-16-14-37(3)15-17-39/h5-13,18-20H,1,14-17H2,2-4H3,(H,33,36)(H,35,40). The van der Waals surface area contributed by atoms with Gasteiger partial charge >= 0.3 is 0 Å². The van der Waals surface area contributed by atoms with Crippen LogP contribution in [0.5, 0.6) is 0 Å². The van der Waals surface area contributed by atoms with Crippen LogP contribution >= 0.6 is 0 Å². The van der Waals surface area contributed by atoms with Gasteiger partial charge in [-0.2, -0.15) is 5.10 Å². The summed E-state index contributed by atoms with van der Waals surface area (Å²) in [6.45, 7) is 9.77. The second kappa shape index (κ2) is 10.5. The molecule has 0 spiro atoms. The van der Waals surface area contributed by atoms with Crippen molar-refractivity contribution in [3.8, 4) is 33.6 Å². The predicted octanol–water partition coefficient (Wildman–Crippen LogP) is 5.48. The first-order valence-electron chi connectivity index (χ1n) is 13.5. The highest BCUT2D eigenvalue weighted by Gasteiger charge is 2.20. The Morgan fingerprint density at radius 3 is 2.42 bits per heavy atom. The number of nitrogens with zero attached hydrogens (tertiary/aromatic N) is 5. The number of fused-ring (bicyclic) bond motifs is 1. The van der Waals surface area contributed by atoms with Gasteiger partial charge in [-0.1, -0.05) is 30.8 Å². The van der Waals surface area contributed by atoms with Crippen molar-refractivity contribution in [1.82, 2.24) is 24.6 Å². The summed E-state index contributed by atoms with van der Waals surface area (Å²) in [6.07, 6.45) is 4.96. The fraction of sp³-hybridized carbons (Fsp3) is 0.219. The summed E-state index contributed by atoms with van der Waals surface area (Å²) < 4.78 is 1.85. The number of piperazine rings is 1. The third-order valence-corrected chi connectivity index (χ3v) is 7.76. The molecule has 2 aromatic carbocycles. The highest BCUT2D eigenvalue weighted by atomic mass is 16.1. The van der Waals surface area contributed by atoms with E-state index in [0.29, 0.717) is 0 Å². The number of likely N-dealkylation sites (N-methyl/N-ethyl adjacent to an activating group) is 1. The second-order valence-electron chi connectivity index (χ2n) is 10.4. The summed E-state index contributed by atoms with van der Waals surface area (Å²) in [6, 6.07) is 19.1. The number of nitrogens with one attached hydrogen (secondary N) is 2. The maximum Gasteiger partial charge on any atom is 0.247 e. The first-order valence-corrected chi connectivity index (χ1v) is 13.5. The molecule has 0 bridgehead atoms. The minimum atomic E-state index is -0.237.